The standard InChI is InChI=1S/C21H26F3N3OS/c1-3-4-9-26-10-6-11-27(13-12-26)20(28)18-15(2)25-19(29-18)16-7-5-8-17(14-16)21(22,23)24/h5,7-8,14H,3-4,6,9-13H2,1-2H3. The molecule has 0 unspecified atom stereocenters. The van der Waals surface area contributed by atoms with Crippen LogP contribution in [0.1, 0.15) is 47.1 Å². The Labute approximate surface area is 173 Å². The van der Waals surface area contributed by atoms with Crippen molar-refractivity contribution in [3.8, 4) is 10.6 Å². The number of nitrogens with zero attached hydrogens (tertiary/aromatic N) is 3. The fourth-order valence-electron chi connectivity index (χ4n) is 3.47. The molecule has 0 spiro atoms. The molecule has 1 aliphatic heterocycles. The van der Waals surface area contributed by atoms with E-state index in [1.165, 1.54) is 17.4 Å². The van der Waals surface area contributed by atoms with Gasteiger partial charge in [-0.05, 0) is 45.0 Å². The Morgan fingerprint density at radius 2 is 2.00 bits per heavy atom. The molecule has 0 saturated carbocycles. The van der Waals surface area contributed by atoms with Crippen LogP contribution in [0.15, 0.2) is 24.3 Å². The molecular formula is C21H26F3N3OS. The lowest BCUT2D eigenvalue weighted by atomic mass is 10.1. The number of alkyl halides is 3. The van der Waals surface area contributed by atoms with Crippen molar-refractivity contribution in [3.05, 3.63) is 40.4 Å². The summed E-state index contributed by atoms with van der Waals surface area (Å²) in [6.45, 7) is 8.16. The normalized spacial score (nSPS) is 16.1. The van der Waals surface area contributed by atoms with Crippen LogP contribution in [0.2, 0.25) is 0 Å². The molecule has 1 fully saturated rings. The predicted molar refractivity (Wildman–Crippen MR) is 109 cm³/mol. The number of halogens is 3. The van der Waals surface area contributed by atoms with E-state index in [0.717, 1.165) is 51.0 Å². The number of hydrogen-bond acceptors (Lipinski definition) is 4. The Bertz CT molecular complexity index is 850. The van der Waals surface area contributed by atoms with E-state index < -0.39 is 11.7 Å². The molecule has 1 saturated heterocycles. The molecule has 158 valence electrons. The fourth-order valence-corrected chi connectivity index (χ4v) is 4.50. The molecule has 0 N–H and O–H groups in total. The molecule has 0 bridgehead atoms. The number of hydrogen-bond donors (Lipinski definition) is 0. The topological polar surface area (TPSA) is 36.4 Å². The zero-order chi connectivity index (χ0) is 21.0. The number of unbranched alkanes of at least 4 members (excludes halogenated alkanes) is 1. The van der Waals surface area contributed by atoms with Crippen molar-refractivity contribution in [2.24, 2.45) is 0 Å². The van der Waals surface area contributed by atoms with Crippen molar-refractivity contribution in [3.63, 3.8) is 0 Å². The van der Waals surface area contributed by atoms with Gasteiger partial charge in [0, 0.05) is 25.2 Å². The van der Waals surface area contributed by atoms with Crippen molar-refractivity contribution in [2.75, 3.05) is 32.7 Å². The number of rotatable bonds is 5. The monoisotopic (exact) mass is 425 g/mol. The number of thiazole rings is 1. The van der Waals surface area contributed by atoms with Crippen molar-refractivity contribution in [2.45, 2.75) is 39.3 Å². The maximum atomic E-state index is 13.1. The first-order valence-corrected chi connectivity index (χ1v) is 10.8. The zero-order valence-electron chi connectivity index (χ0n) is 16.8. The van der Waals surface area contributed by atoms with E-state index in [2.05, 4.69) is 16.8 Å². The smallest absolute Gasteiger partial charge is 0.337 e. The molecule has 2 aromatic rings. The lowest BCUT2D eigenvalue weighted by molar-refractivity contribution is -0.137. The van der Waals surface area contributed by atoms with Gasteiger partial charge in [0.05, 0.1) is 11.3 Å². The van der Waals surface area contributed by atoms with Gasteiger partial charge in [-0.2, -0.15) is 13.2 Å². The Balaban J connectivity index is 1.76. The molecule has 1 aromatic heterocycles. The van der Waals surface area contributed by atoms with E-state index in [-0.39, 0.29) is 5.91 Å². The van der Waals surface area contributed by atoms with Gasteiger partial charge in [-0.25, -0.2) is 4.98 Å². The average Bonchev–Trinajstić information content (AvgIpc) is 2.93. The van der Waals surface area contributed by atoms with E-state index in [4.69, 9.17) is 0 Å². The van der Waals surface area contributed by atoms with Gasteiger partial charge in [0.2, 0.25) is 0 Å². The van der Waals surface area contributed by atoms with Crippen LogP contribution in [0.4, 0.5) is 13.2 Å². The van der Waals surface area contributed by atoms with Crippen molar-refractivity contribution in [1.29, 1.82) is 0 Å². The minimum absolute atomic E-state index is 0.0735. The highest BCUT2D eigenvalue weighted by molar-refractivity contribution is 7.17. The SMILES string of the molecule is CCCCN1CCCN(C(=O)c2sc(-c3cccc(C(F)(F)F)c3)nc2C)CC1. The molecule has 4 nitrogen and oxygen atoms in total. The van der Waals surface area contributed by atoms with Gasteiger partial charge < -0.3 is 9.80 Å². The van der Waals surface area contributed by atoms with Gasteiger partial charge in [-0.3, -0.25) is 4.79 Å². The third-order valence-electron chi connectivity index (χ3n) is 5.13. The highest BCUT2D eigenvalue weighted by Crippen LogP contribution is 2.34. The van der Waals surface area contributed by atoms with Crippen LogP contribution in [0.5, 0.6) is 0 Å². The van der Waals surface area contributed by atoms with Gasteiger partial charge in [0.1, 0.15) is 9.88 Å². The summed E-state index contributed by atoms with van der Waals surface area (Å²) in [6.07, 6.45) is -1.18. The number of aryl methyl sites for hydroxylation is 1. The molecule has 1 aromatic carbocycles. The van der Waals surface area contributed by atoms with Crippen molar-refractivity contribution in [1.82, 2.24) is 14.8 Å². The quantitative estimate of drug-likeness (QED) is 0.670. The van der Waals surface area contributed by atoms with Crippen molar-refractivity contribution < 1.29 is 18.0 Å². The molecule has 8 heteroatoms. The van der Waals surface area contributed by atoms with E-state index in [9.17, 15) is 18.0 Å². The third kappa shape index (κ3) is 5.36. The van der Waals surface area contributed by atoms with Crippen LogP contribution in [-0.2, 0) is 6.18 Å². The van der Waals surface area contributed by atoms with Crippen LogP contribution in [-0.4, -0.2) is 53.4 Å². The fraction of sp³-hybridized carbons (Fsp3) is 0.524. The molecule has 0 atom stereocenters. The number of carbonyl (C=O) groups excluding carboxylic acids is 1. The Kier molecular flexibility index (Phi) is 6.95. The second-order valence-corrected chi connectivity index (χ2v) is 8.35. The minimum atomic E-state index is -4.41. The van der Waals surface area contributed by atoms with Crippen LogP contribution in [0.3, 0.4) is 0 Å². The Morgan fingerprint density at radius 1 is 1.21 bits per heavy atom. The molecule has 0 aliphatic carbocycles. The summed E-state index contributed by atoms with van der Waals surface area (Å²) in [4.78, 5) is 22.2. The summed E-state index contributed by atoms with van der Waals surface area (Å²) in [6, 6.07) is 5.09. The van der Waals surface area contributed by atoms with Gasteiger partial charge in [0.15, 0.2) is 0 Å². The highest BCUT2D eigenvalue weighted by Gasteiger charge is 2.31. The number of aromatic nitrogens is 1. The first-order valence-electron chi connectivity index (χ1n) is 9.96. The summed E-state index contributed by atoms with van der Waals surface area (Å²) < 4.78 is 39.0. The maximum Gasteiger partial charge on any atom is 0.416 e. The van der Waals surface area contributed by atoms with Crippen LogP contribution >= 0.6 is 11.3 Å². The van der Waals surface area contributed by atoms with Crippen LogP contribution in [0.25, 0.3) is 10.6 Å². The third-order valence-corrected chi connectivity index (χ3v) is 6.33. The average molecular weight is 426 g/mol. The van der Waals surface area contributed by atoms with E-state index >= 15 is 0 Å². The van der Waals surface area contributed by atoms with Gasteiger partial charge in [-0.1, -0.05) is 25.5 Å². The van der Waals surface area contributed by atoms with E-state index in [0.29, 0.717) is 34.2 Å². The second-order valence-electron chi connectivity index (χ2n) is 7.35. The number of amides is 1. The Hall–Kier alpha value is -1.93. The van der Waals surface area contributed by atoms with Gasteiger partial charge in [0.25, 0.3) is 5.91 Å². The minimum Gasteiger partial charge on any atom is -0.337 e. The summed E-state index contributed by atoms with van der Waals surface area (Å²) >= 11 is 1.17. The molecule has 1 aliphatic rings. The van der Waals surface area contributed by atoms with E-state index in [1.807, 2.05) is 4.90 Å². The molecule has 29 heavy (non-hydrogen) atoms. The summed E-state index contributed by atoms with van der Waals surface area (Å²) in [5.74, 6) is -0.0735. The molecule has 2 heterocycles. The lowest BCUT2D eigenvalue weighted by Crippen LogP contribution is -2.35. The number of carbonyl (C=O) groups is 1. The molecule has 0 radical (unpaired) electrons. The second kappa shape index (κ2) is 9.26. The summed E-state index contributed by atoms with van der Waals surface area (Å²) in [5, 5.41) is 0.441. The maximum absolute atomic E-state index is 13.1. The molecule has 3 rings (SSSR count). The first kappa shape index (κ1) is 21.8. The molecular weight excluding hydrogens is 399 g/mol. The largest absolute Gasteiger partial charge is 0.416 e. The van der Waals surface area contributed by atoms with Crippen LogP contribution in [0, 0.1) is 6.92 Å². The predicted octanol–water partition coefficient (Wildman–Crippen LogP) is 5.09. The lowest BCUT2D eigenvalue weighted by Gasteiger charge is -2.21. The van der Waals surface area contributed by atoms with Gasteiger partial charge >= 0.3 is 6.18 Å². The van der Waals surface area contributed by atoms with Crippen LogP contribution < -0.4 is 0 Å². The van der Waals surface area contributed by atoms with Crippen molar-refractivity contribution >= 4 is 17.2 Å². The van der Waals surface area contributed by atoms with E-state index in [1.54, 1.807) is 13.0 Å². The number of benzene rings is 1. The molecule has 1 amide bonds. The Morgan fingerprint density at radius 3 is 2.72 bits per heavy atom. The van der Waals surface area contributed by atoms with Gasteiger partial charge in [-0.15, -0.1) is 11.3 Å². The highest BCUT2D eigenvalue weighted by atomic mass is 32.1. The zero-order valence-corrected chi connectivity index (χ0v) is 17.6. The summed E-state index contributed by atoms with van der Waals surface area (Å²) in [5.41, 5.74) is 0.239. The summed E-state index contributed by atoms with van der Waals surface area (Å²) in [7, 11) is 0. The first-order chi connectivity index (χ1) is 13.8.